The largest absolute Gasteiger partial charge is 0.491 e. The van der Waals surface area contributed by atoms with E-state index >= 15 is 0 Å². The fraction of sp³-hybridized carbons (Fsp3) is 0.600. The van der Waals surface area contributed by atoms with E-state index in [1.165, 1.54) is 19.3 Å². The average molecular weight is 328 g/mol. The lowest BCUT2D eigenvalue weighted by molar-refractivity contribution is 0.103. The van der Waals surface area contributed by atoms with E-state index in [1.807, 2.05) is 24.3 Å². The summed E-state index contributed by atoms with van der Waals surface area (Å²) in [6.07, 6.45) is 3.28. The number of nitrogens with one attached hydrogen (secondary N) is 1. The van der Waals surface area contributed by atoms with Crippen molar-refractivity contribution < 1.29 is 9.84 Å². The zero-order valence-corrected chi connectivity index (χ0v) is 12.9. The predicted octanol–water partition coefficient (Wildman–Crippen LogP) is 2.97. The Morgan fingerprint density at radius 2 is 2.11 bits per heavy atom. The quantitative estimate of drug-likeness (QED) is 0.844. The zero-order chi connectivity index (χ0) is 13.7. The third-order valence-electron chi connectivity index (χ3n) is 3.59. The number of hydrogen-bond acceptors (Lipinski definition) is 3. The molecule has 1 saturated carbocycles. The standard InChI is InChI=1S/C15H22BrNO2/c1-11-2-5-13(8-11)17-9-14(18)10-19-15-6-3-12(16)4-7-15/h3-4,6-7,11,13-14,17-18H,2,5,8-10H2,1H3. The molecule has 3 atom stereocenters. The van der Waals surface area contributed by atoms with Gasteiger partial charge in [-0.05, 0) is 49.4 Å². The summed E-state index contributed by atoms with van der Waals surface area (Å²) in [7, 11) is 0. The van der Waals surface area contributed by atoms with E-state index in [-0.39, 0.29) is 0 Å². The lowest BCUT2D eigenvalue weighted by Gasteiger charge is -2.17. The zero-order valence-electron chi connectivity index (χ0n) is 11.3. The monoisotopic (exact) mass is 327 g/mol. The highest BCUT2D eigenvalue weighted by Gasteiger charge is 2.21. The van der Waals surface area contributed by atoms with E-state index in [2.05, 4.69) is 28.2 Å². The van der Waals surface area contributed by atoms with Crippen molar-refractivity contribution in [3.8, 4) is 5.75 Å². The molecule has 0 amide bonds. The van der Waals surface area contributed by atoms with Gasteiger partial charge < -0.3 is 15.2 Å². The Labute approximate surface area is 123 Å². The summed E-state index contributed by atoms with van der Waals surface area (Å²) in [5.41, 5.74) is 0. The molecular formula is C15H22BrNO2. The van der Waals surface area contributed by atoms with Gasteiger partial charge in [-0.1, -0.05) is 22.9 Å². The van der Waals surface area contributed by atoms with Crippen molar-refractivity contribution in [1.29, 1.82) is 0 Å². The second-order valence-electron chi connectivity index (χ2n) is 5.44. The van der Waals surface area contributed by atoms with Crippen molar-refractivity contribution in [2.75, 3.05) is 13.2 Å². The summed E-state index contributed by atoms with van der Waals surface area (Å²) in [5.74, 6) is 1.60. The third-order valence-corrected chi connectivity index (χ3v) is 4.12. The fourth-order valence-electron chi connectivity index (χ4n) is 2.48. The van der Waals surface area contributed by atoms with Crippen LogP contribution in [0.15, 0.2) is 28.7 Å². The molecule has 0 radical (unpaired) electrons. The predicted molar refractivity (Wildman–Crippen MR) is 80.4 cm³/mol. The molecule has 4 heteroatoms. The highest BCUT2D eigenvalue weighted by Crippen LogP contribution is 2.24. The van der Waals surface area contributed by atoms with Gasteiger partial charge in [-0.25, -0.2) is 0 Å². The van der Waals surface area contributed by atoms with Crippen LogP contribution in [0.5, 0.6) is 5.75 Å². The molecule has 0 aromatic heterocycles. The molecule has 1 fully saturated rings. The molecule has 0 aliphatic heterocycles. The van der Waals surface area contributed by atoms with Crippen LogP contribution in [0.4, 0.5) is 0 Å². The average Bonchev–Trinajstić information content (AvgIpc) is 2.81. The maximum absolute atomic E-state index is 9.89. The number of halogens is 1. The molecule has 3 unspecified atom stereocenters. The number of aliphatic hydroxyl groups is 1. The molecule has 0 heterocycles. The summed E-state index contributed by atoms with van der Waals surface area (Å²) in [6, 6.07) is 8.21. The molecule has 0 spiro atoms. The molecule has 3 nitrogen and oxygen atoms in total. The van der Waals surface area contributed by atoms with Gasteiger partial charge in [0.25, 0.3) is 0 Å². The second kappa shape index (κ2) is 7.27. The van der Waals surface area contributed by atoms with Crippen molar-refractivity contribution in [3.63, 3.8) is 0 Å². The van der Waals surface area contributed by atoms with Crippen LogP contribution in [0.2, 0.25) is 0 Å². The Bertz CT molecular complexity index is 382. The van der Waals surface area contributed by atoms with Crippen molar-refractivity contribution in [2.24, 2.45) is 5.92 Å². The molecule has 2 N–H and O–H groups in total. The molecule has 106 valence electrons. The van der Waals surface area contributed by atoms with Crippen LogP contribution in [-0.4, -0.2) is 30.4 Å². The Morgan fingerprint density at radius 1 is 1.37 bits per heavy atom. The number of hydrogen-bond donors (Lipinski definition) is 2. The summed E-state index contributed by atoms with van der Waals surface area (Å²) >= 11 is 3.38. The number of benzene rings is 1. The van der Waals surface area contributed by atoms with Gasteiger partial charge in [-0.3, -0.25) is 0 Å². The van der Waals surface area contributed by atoms with E-state index in [4.69, 9.17) is 4.74 Å². The maximum atomic E-state index is 9.89. The van der Waals surface area contributed by atoms with Gasteiger partial charge in [0.2, 0.25) is 0 Å². The summed E-state index contributed by atoms with van der Waals surface area (Å²) < 4.78 is 6.57. The normalized spacial score (nSPS) is 24.4. The molecule has 0 bridgehead atoms. The van der Waals surface area contributed by atoms with Crippen molar-refractivity contribution in [3.05, 3.63) is 28.7 Å². The van der Waals surface area contributed by atoms with Gasteiger partial charge in [0.15, 0.2) is 0 Å². The summed E-state index contributed by atoms with van der Waals surface area (Å²) in [6.45, 7) is 3.22. The molecule has 1 aliphatic rings. The third kappa shape index (κ3) is 5.13. The molecule has 19 heavy (non-hydrogen) atoms. The SMILES string of the molecule is CC1CCC(NCC(O)COc2ccc(Br)cc2)C1. The number of aliphatic hydroxyl groups excluding tert-OH is 1. The Balaban J connectivity index is 1.64. The van der Waals surface area contributed by atoms with E-state index in [1.54, 1.807) is 0 Å². The van der Waals surface area contributed by atoms with E-state index in [0.29, 0.717) is 19.2 Å². The minimum Gasteiger partial charge on any atom is -0.491 e. The first-order chi connectivity index (χ1) is 9.13. The molecule has 2 rings (SSSR count). The highest BCUT2D eigenvalue weighted by molar-refractivity contribution is 9.10. The van der Waals surface area contributed by atoms with E-state index in [0.717, 1.165) is 16.1 Å². The lowest BCUT2D eigenvalue weighted by atomic mass is 10.1. The Kier molecular flexibility index (Phi) is 5.67. The summed E-state index contributed by atoms with van der Waals surface area (Å²) in [4.78, 5) is 0. The van der Waals surface area contributed by atoms with Crippen molar-refractivity contribution in [1.82, 2.24) is 5.32 Å². The second-order valence-corrected chi connectivity index (χ2v) is 6.36. The van der Waals surface area contributed by atoms with Crippen molar-refractivity contribution >= 4 is 15.9 Å². The number of rotatable bonds is 6. The molecule has 0 saturated heterocycles. The first kappa shape index (κ1) is 14.8. The van der Waals surface area contributed by atoms with Crippen LogP contribution in [-0.2, 0) is 0 Å². The molecule has 1 aromatic carbocycles. The van der Waals surface area contributed by atoms with Gasteiger partial charge in [-0.15, -0.1) is 0 Å². The van der Waals surface area contributed by atoms with Crippen LogP contribution in [0, 0.1) is 5.92 Å². The number of ether oxygens (including phenoxy) is 1. The van der Waals surface area contributed by atoms with Gasteiger partial charge >= 0.3 is 0 Å². The van der Waals surface area contributed by atoms with Gasteiger partial charge in [0.05, 0.1) is 0 Å². The molecular weight excluding hydrogens is 306 g/mol. The van der Waals surface area contributed by atoms with Crippen LogP contribution in [0.1, 0.15) is 26.2 Å². The van der Waals surface area contributed by atoms with Crippen LogP contribution in [0.3, 0.4) is 0 Å². The topological polar surface area (TPSA) is 41.5 Å². The van der Waals surface area contributed by atoms with Crippen LogP contribution < -0.4 is 10.1 Å². The minimum atomic E-state index is -0.459. The van der Waals surface area contributed by atoms with Gasteiger partial charge in [0, 0.05) is 17.1 Å². The van der Waals surface area contributed by atoms with Gasteiger partial charge in [0.1, 0.15) is 18.5 Å². The first-order valence-corrected chi connectivity index (χ1v) is 7.72. The van der Waals surface area contributed by atoms with E-state index in [9.17, 15) is 5.11 Å². The molecule has 1 aromatic rings. The minimum absolute atomic E-state index is 0.330. The first-order valence-electron chi connectivity index (χ1n) is 6.93. The summed E-state index contributed by atoms with van der Waals surface area (Å²) in [5, 5.41) is 13.3. The molecule has 1 aliphatic carbocycles. The van der Waals surface area contributed by atoms with Crippen molar-refractivity contribution in [2.45, 2.75) is 38.3 Å². The Morgan fingerprint density at radius 3 is 2.74 bits per heavy atom. The van der Waals surface area contributed by atoms with Crippen LogP contribution >= 0.6 is 15.9 Å². The van der Waals surface area contributed by atoms with E-state index < -0.39 is 6.10 Å². The smallest absolute Gasteiger partial charge is 0.119 e. The fourth-order valence-corrected chi connectivity index (χ4v) is 2.74. The Hall–Kier alpha value is -0.580. The van der Waals surface area contributed by atoms with Crippen LogP contribution in [0.25, 0.3) is 0 Å². The maximum Gasteiger partial charge on any atom is 0.119 e. The highest BCUT2D eigenvalue weighted by atomic mass is 79.9. The van der Waals surface area contributed by atoms with Gasteiger partial charge in [-0.2, -0.15) is 0 Å². The lowest BCUT2D eigenvalue weighted by Crippen LogP contribution is -2.36.